The molecule has 0 aliphatic carbocycles. The van der Waals surface area contributed by atoms with Gasteiger partial charge in [-0.25, -0.2) is 0 Å². The van der Waals surface area contributed by atoms with Gasteiger partial charge in [-0.2, -0.15) is 0 Å². The molecule has 6 aromatic rings. The van der Waals surface area contributed by atoms with Crippen LogP contribution in [-0.2, 0) is 6.54 Å². The summed E-state index contributed by atoms with van der Waals surface area (Å²) in [4.78, 5) is 0. The van der Waals surface area contributed by atoms with Gasteiger partial charge >= 0.3 is 0 Å². The zero-order valence-corrected chi connectivity index (χ0v) is 19.6. The Hall–Kier alpha value is -3.78. The molecule has 2 nitrogen and oxygen atoms in total. The van der Waals surface area contributed by atoms with Gasteiger partial charge in [0.2, 0.25) is 0 Å². The van der Waals surface area contributed by atoms with Crippen molar-refractivity contribution in [2.24, 2.45) is 0 Å². The van der Waals surface area contributed by atoms with Gasteiger partial charge in [0.05, 0.1) is 0 Å². The lowest BCUT2D eigenvalue weighted by atomic mass is 10.0. The van der Waals surface area contributed by atoms with Gasteiger partial charge in [-0.05, 0) is 30.7 Å². The van der Waals surface area contributed by atoms with Gasteiger partial charge in [-0.3, -0.25) is 0 Å². The Morgan fingerprint density at radius 2 is 1.21 bits per heavy atom. The van der Waals surface area contributed by atoms with Crippen molar-refractivity contribution < 1.29 is 4.42 Å². The molecule has 2 heterocycles. The average Bonchev–Trinajstić information content (AvgIpc) is 3.43. The number of unbranched alkanes of at least 4 members (excludes halogenated alkanes) is 3. The van der Waals surface area contributed by atoms with E-state index in [1.807, 2.05) is 6.07 Å². The number of fused-ring (bicyclic) bond motifs is 4. The molecule has 0 bridgehead atoms. The maximum absolute atomic E-state index is 6.59. The number of aryl methyl sites for hydroxylation is 1. The second-order valence-corrected chi connectivity index (χ2v) is 9.13. The number of aromatic nitrogens is 1. The van der Waals surface area contributed by atoms with E-state index in [0.29, 0.717) is 0 Å². The van der Waals surface area contributed by atoms with Gasteiger partial charge in [0, 0.05) is 50.2 Å². The molecule has 4 aromatic carbocycles. The Morgan fingerprint density at radius 3 is 1.97 bits per heavy atom. The van der Waals surface area contributed by atoms with Gasteiger partial charge < -0.3 is 8.98 Å². The van der Waals surface area contributed by atoms with Crippen molar-refractivity contribution in [1.82, 2.24) is 4.57 Å². The van der Waals surface area contributed by atoms with E-state index < -0.39 is 0 Å². The van der Waals surface area contributed by atoms with Crippen molar-refractivity contribution in [2.75, 3.05) is 0 Å². The summed E-state index contributed by atoms with van der Waals surface area (Å²) in [5, 5.41) is 4.92. The quantitative estimate of drug-likeness (QED) is 0.225. The van der Waals surface area contributed by atoms with Crippen LogP contribution >= 0.6 is 0 Å². The van der Waals surface area contributed by atoms with E-state index in [9.17, 15) is 0 Å². The summed E-state index contributed by atoms with van der Waals surface area (Å²) >= 11 is 0. The van der Waals surface area contributed by atoms with Crippen LogP contribution in [-0.4, -0.2) is 4.57 Å². The van der Waals surface area contributed by atoms with Gasteiger partial charge in [0.15, 0.2) is 0 Å². The van der Waals surface area contributed by atoms with Crippen LogP contribution in [0, 0.1) is 0 Å². The first-order valence-electron chi connectivity index (χ1n) is 12.4. The monoisotopic (exact) mass is 443 g/mol. The number of rotatable bonds is 7. The highest BCUT2D eigenvalue weighted by molar-refractivity contribution is 6.10. The van der Waals surface area contributed by atoms with E-state index in [4.69, 9.17) is 4.42 Å². The van der Waals surface area contributed by atoms with Crippen LogP contribution in [0.1, 0.15) is 32.6 Å². The molecule has 0 fully saturated rings. The molecule has 0 radical (unpaired) electrons. The molecular weight excluding hydrogens is 414 g/mol. The van der Waals surface area contributed by atoms with Crippen LogP contribution in [0.15, 0.2) is 101 Å². The number of para-hydroxylation sites is 1. The molecule has 0 amide bonds. The van der Waals surface area contributed by atoms with E-state index in [-0.39, 0.29) is 0 Å². The minimum atomic E-state index is 0.935. The maximum atomic E-state index is 6.59. The van der Waals surface area contributed by atoms with Crippen LogP contribution in [0.25, 0.3) is 55.2 Å². The Kier molecular flexibility index (Phi) is 5.43. The van der Waals surface area contributed by atoms with Crippen LogP contribution in [0.3, 0.4) is 0 Å². The highest BCUT2D eigenvalue weighted by Crippen LogP contribution is 2.41. The minimum Gasteiger partial charge on any atom is -0.455 e. The molecule has 2 heteroatoms. The predicted octanol–water partition coefficient (Wildman–Crippen LogP) is 9.45. The van der Waals surface area contributed by atoms with Crippen molar-refractivity contribution in [3.63, 3.8) is 0 Å². The first-order valence-corrected chi connectivity index (χ1v) is 12.4. The predicted molar refractivity (Wildman–Crippen MR) is 144 cm³/mol. The van der Waals surface area contributed by atoms with Gasteiger partial charge in [0.25, 0.3) is 0 Å². The minimum absolute atomic E-state index is 0.935. The third-order valence-corrected chi connectivity index (χ3v) is 6.93. The molecule has 0 saturated heterocycles. The van der Waals surface area contributed by atoms with Crippen LogP contribution in [0.5, 0.6) is 0 Å². The van der Waals surface area contributed by atoms with E-state index >= 15 is 0 Å². The number of nitrogens with zero attached hydrogens (tertiary/aromatic N) is 1. The van der Waals surface area contributed by atoms with Crippen molar-refractivity contribution in [2.45, 2.75) is 39.2 Å². The number of hydrogen-bond donors (Lipinski definition) is 0. The standard InChI is InChI=1S/C32H29NO/c1-2-3-4-12-21-33-29-18-11-10-15-25(29)28-22-24(19-20-30(28)33)32-27-17-9-8-16-26(27)31(34-32)23-13-6-5-7-14-23/h5-11,13-20,22H,2-4,12,21H2,1H3. The van der Waals surface area contributed by atoms with Crippen LogP contribution in [0.2, 0.25) is 0 Å². The smallest absolute Gasteiger partial charge is 0.142 e. The third-order valence-electron chi connectivity index (χ3n) is 6.93. The topological polar surface area (TPSA) is 18.1 Å². The lowest BCUT2D eigenvalue weighted by Crippen LogP contribution is -1.97. The SMILES string of the molecule is CCCCCCn1c2ccccc2c2cc(-c3oc(-c4ccccc4)c4ccccc34)ccc21. The lowest BCUT2D eigenvalue weighted by molar-refractivity contribution is 0.601. The third kappa shape index (κ3) is 3.51. The van der Waals surface area contributed by atoms with Crippen molar-refractivity contribution >= 4 is 32.6 Å². The highest BCUT2D eigenvalue weighted by Gasteiger charge is 2.18. The molecule has 168 valence electrons. The summed E-state index contributed by atoms with van der Waals surface area (Å²) in [7, 11) is 0. The van der Waals surface area contributed by atoms with Gasteiger partial charge in [-0.1, -0.05) is 99.0 Å². The maximum Gasteiger partial charge on any atom is 0.142 e. The lowest BCUT2D eigenvalue weighted by Gasteiger charge is -2.07. The Labute approximate surface area is 200 Å². The molecule has 6 rings (SSSR count). The van der Waals surface area contributed by atoms with Crippen LogP contribution in [0.4, 0.5) is 0 Å². The Bertz CT molecular complexity index is 1590. The van der Waals surface area contributed by atoms with Crippen molar-refractivity contribution in [1.29, 1.82) is 0 Å². The van der Waals surface area contributed by atoms with E-state index in [1.54, 1.807) is 0 Å². The highest BCUT2D eigenvalue weighted by atomic mass is 16.3. The second kappa shape index (κ2) is 8.87. The summed E-state index contributed by atoms with van der Waals surface area (Å²) < 4.78 is 9.09. The first-order chi connectivity index (χ1) is 16.8. The summed E-state index contributed by atoms with van der Waals surface area (Å²) in [6.07, 6.45) is 5.06. The zero-order chi connectivity index (χ0) is 22.9. The Balaban J connectivity index is 1.51. The van der Waals surface area contributed by atoms with Crippen molar-refractivity contribution in [3.05, 3.63) is 97.1 Å². The molecule has 0 saturated carbocycles. The molecule has 0 spiro atoms. The normalized spacial score (nSPS) is 11.7. The number of benzene rings is 4. The van der Waals surface area contributed by atoms with Gasteiger partial charge in [-0.15, -0.1) is 0 Å². The van der Waals surface area contributed by atoms with Crippen molar-refractivity contribution in [3.8, 4) is 22.6 Å². The van der Waals surface area contributed by atoms with E-state index in [2.05, 4.69) is 102 Å². The summed E-state index contributed by atoms with van der Waals surface area (Å²) in [5.74, 6) is 1.88. The van der Waals surface area contributed by atoms with Crippen LogP contribution < -0.4 is 0 Å². The molecular formula is C32H29NO. The van der Waals surface area contributed by atoms with Gasteiger partial charge in [0.1, 0.15) is 11.5 Å². The summed E-state index contributed by atoms with van der Waals surface area (Å²) in [6.45, 7) is 3.33. The molecule has 0 aliphatic heterocycles. The largest absolute Gasteiger partial charge is 0.455 e. The fourth-order valence-corrected chi connectivity index (χ4v) is 5.24. The zero-order valence-electron chi connectivity index (χ0n) is 19.6. The summed E-state index contributed by atoms with van der Waals surface area (Å²) in [6, 6.07) is 34.5. The molecule has 0 N–H and O–H groups in total. The van der Waals surface area contributed by atoms with E-state index in [0.717, 1.165) is 40.0 Å². The van der Waals surface area contributed by atoms with E-state index in [1.165, 1.54) is 47.5 Å². The fourth-order valence-electron chi connectivity index (χ4n) is 5.24. The summed E-state index contributed by atoms with van der Waals surface area (Å²) in [5.41, 5.74) is 4.86. The average molecular weight is 444 g/mol. The number of hydrogen-bond acceptors (Lipinski definition) is 1. The Morgan fingerprint density at radius 1 is 0.559 bits per heavy atom. The first kappa shape index (κ1) is 20.8. The molecule has 0 atom stereocenters. The molecule has 0 aliphatic rings. The molecule has 0 unspecified atom stereocenters. The molecule has 2 aromatic heterocycles. The number of furan rings is 1. The second-order valence-electron chi connectivity index (χ2n) is 9.13. The fraction of sp³-hybridized carbons (Fsp3) is 0.188. The molecule has 34 heavy (non-hydrogen) atoms.